The lowest BCUT2D eigenvalue weighted by molar-refractivity contribution is -0.167. The van der Waals surface area contributed by atoms with Crippen LogP contribution in [0.2, 0.25) is 0 Å². The largest absolute Gasteiger partial charge is 0.462 e. The zero-order valence-electron chi connectivity index (χ0n) is 45.0. The van der Waals surface area contributed by atoms with Crippen LogP contribution in [0, 0.1) is 0 Å². The van der Waals surface area contributed by atoms with Crippen LogP contribution in [0.25, 0.3) is 0 Å². The van der Waals surface area contributed by atoms with Crippen molar-refractivity contribution in [3.05, 3.63) is 97.2 Å². The molecule has 0 heterocycles. The quantitative estimate of drug-likeness (QED) is 0.0262. The van der Waals surface area contributed by atoms with E-state index in [1.54, 1.807) is 0 Å². The average molecular weight is 960 g/mol. The molecule has 0 bridgehead atoms. The number of carbonyl (C=O) groups excluding carboxylic acids is 3. The predicted octanol–water partition coefficient (Wildman–Crippen LogP) is 19.3. The molecule has 0 N–H and O–H groups in total. The van der Waals surface area contributed by atoms with E-state index in [1.165, 1.54) is 103 Å². The highest BCUT2D eigenvalue weighted by atomic mass is 16.6. The summed E-state index contributed by atoms with van der Waals surface area (Å²) >= 11 is 0. The molecule has 6 heteroatoms. The highest BCUT2D eigenvalue weighted by molar-refractivity contribution is 5.71. The number of allylic oxidation sites excluding steroid dienone is 16. The average Bonchev–Trinajstić information content (AvgIpc) is 3.35. The SMILES string of the molecule is CC/C=C\C/C=C\C/C=C\C/C=C\C/C=C\CCCCCC(=O)OCC(COC(=O)CCCCC/C=C\C/C=C\C/C=C\CC)OC(=O)CCCCCCCCCCCCCCCCCCCCC. The Bertz CT molecular complexity index is 1380. The first-order chi connectivity index (χ1) is 34.0. The molecule has 0 saturated carbocycles. The van der Waals surface area contributed by atoms with Gasteiger partial charge >= 0.3 is 17.9 Å². The second-order valence-corrected chi connectivity index (χ2v) is 18.8. The van der Waals surface area contributed by atoms with Crippen molar-refractivity contribution < 1.29 is 28.6 Å². The fourth-order valence-corrected chi connectivity index (χ4v) is 7.84. The second kappa shape index (κ2) is 56.9. The Kier molecular flexibility index (Phi) is 53.9. The molecular formula is C63H106O6. The number of unbranched alkanes of at least 4 members (excludes halogenated alkanes) is 24. The summed E-state index contributed by atoms with van der Waals surface area (Å²) in [5.41, 5.74) is 0. The van der Waals surface area contributed by atoms with Gasteiger partial charge in [0.25, 0.3) is 0 Å². The van der Waals surface area contributed by atoms with E-state index in [0.717, 1.165) is 122 Å². The van der Waals surface area contributed by atoms with E-state index < -0.39 is 6.10 Å². The van der Waals surface area contributed by atoms with Gasteiger partial charge in [0.1, 0.15) is 13.2 Å². The summed E-state index contributed by atoms with van der Waals surface area (Å²) in [6, 6.07) is 0. The number of hydrogen-bond acceptors (Lipinski definition) is 6. The maximum Gasteiger partial charge on any atom is 0.306 e. The van der Waals surface area contributed by atoms with Crippen LogP contribution < -0.4 is 0 Å². The van der Waals surface area contributed by atoms with Crippen molar-refractivity contribution in [2.45, 2.75) is 271 Å². The molecule has 6 nitrogen and oxygen atoms in total. The van der Waals surface area contributed by atoms with Crippen LogP contribution >= 0.6 is 0 Å². The van der Waals surface area contributed by atoms with E-state index in [4.69, 9.17) is 14.2 Å². The third-order valence-electron chi connectivity index (χ3n) is 12.1. The zero-order valence-corrected chi connectivity index (χ0v) is 45.0. The van der Waals surface area contributed by atoms with Gasteiger partial charge in [-0.05, 0) is 96.3 Å². The molecule has 0 spiro atoms. The van der Waals surface area contributed by atoms with Crippen molar-refractivity contribution >= 4 is 17.9 Å². The lowest BCUT2D eigenvalue weighted by atomic mass is 10.0. The Morgan fingerprint density at radius 1 is 0.304 bits per heavy atom. The van der Waals surface area contributed by atoms with E-state index >= 15 is 0 Å². The Morgan fingerprint density at radius 2 is 0.565 bits per heavy atom. The molecule has 394 valence electrons. The van der Waals surface area contributed by atoms with Gasteiger partial charge in [-0.25, -0.2) is 0 Å². The van der Waals surface area contributed by atoms with Gasteiger partial charge in [0.05, 0.1) is 0 Å². The van der Waals surface area contributed by atoms with Gasteiger partial charge in [0, 0.05) is 19.3 Å². The highest BCUT2D eigenvalue weighted by Gasteiger charge is 2.19. The molecule has 0 aromatic rings. The Labute approximate surface area is 426 Å². The summed E-state index contributed by atoms with van der Waals surface area (Å²) in [6.07, 6.45) is 75.5. The predicted molar refractivity (Wildman–Crippen MR) is 297 cm³/mol. The van der Waals surface area contributed by atoms with E-state index in [-0.39, 0.29) is 31.1 Å². The normalized spacial score (nSPS) is 12.8. The third kappa shape index (κ3) is 55.1. The maximum atomic E-state index is 12.9. The first-order valence-corrected chi connectivity index (χ1v) is 28.7. The summed E-state index contributed by atoms with van der Waals surface area (Å²) in [6.45, 7) is 6.37. The van der Waals surface area contributed by atoms with E-state index in [1.807, 2.05) is 0 Å². The van der Waals surface area contributed by atoms with Gasteiger partial charge in [0.15, 0.2) is 6.10 Å². The Hall–Kier alpha value is -3.67. The molecule has 0 radical (unpaired) electrons. The van der Waals surface area contributed by atoms with Gasteiger partial charge in [-0.15, -0.1) is 0 Å². The number of esters is 3. The highest BCUT2D eigenvalue weighted by Crippen LogP contribution is 2.16. The topological polar surface area (TPSA) is 78.9 Å². The summed E-state index contributed by atoms with van der Waals surface area (Å²) < 4.78 is 16.8. The molecule has 0 aromatic heterocycles. The Balaban J connectivity index is 4.44. The van der Waals surface area contributed by atoms with Crippen molar-refractivity contribution in [1.82, 2.24) is 0 Å². The van der Waals surface area contributed by atoms with Crippen LogP contribution in [0.15, 0.2) is 97.2 Å². The molecule has 0 aliphatic rings. The molecule has 0 saturated heterocycles. The lowest BCUT2D eigenvalue weighted by Crippen LogP contribution is -2.30. The molecule has 0 fully saturated rings. The maximum absolute atomic E-state index is 12.9. The molecule has 0 aromatic carbocycles. The molecule has 1 atom stereocenters. The van der Waals surface area contributed by atoms with Gasteiger partial charge in [-0.2, -0.15) is 0 Å². The van der Waals surface area contributed by atoms with Crippen molar-refractivity contribution in [3.63, 3.8) is 0 Å². The van der Waals surface area contributed by atoms with Crippen LogP contribution in [0.4, 0.5) is 0 Å². The smallest absolute Gasteiger partial charge is 0.306 e. The number of hydrogen-bond donors (Lipinski definition) is 0. The minimum Gasteiger partial charge on any atom is -0.462 e. The van der Waals surface area contributed by atoms with Gasteiger partial charge in [-0.1, -0.05) is 246 Å². The molecule has 0 aliphatic carbocycles. The van der Waals surface area contributed by atoms with Gasteiger partial charge < -0.3 is 14.2 Å². The second-order valence-electron chi connectivity index (χ2n) is 18.8. The van der Waals surface area contributed by atoms with E-state index in [0.29, 0.717) is 19.3 Å². The van der Waals surface area contributed by atoms with Crippen molar-refractivity contribution in [2.24, 2.45) is 0 Å². The molecule has 69 heavy (non-hydrogen) atoms. The van der Waals surface area contributed by atoms with E-state index in [9.17, 15) is 14.4 Å². The third-order valence-corrected chi connectivity index (χ3v) is 12.1. The lowest BCUT2D eigenvalue weighted by Gasteiger charge is -2.18. The summed E-state index contributed by atoms with van der Waals surface area (Å²) in [7, 11) is 0. The fourth-order valence-electron chi connectivity index (χ4n) is 7.84. The monoisotopic (exact) mass is 959 g/mol. The van der Waals surface area contributed by atoms with E-state index in [2.05, 4.69) is 118 Å². The van der Waals surface area contributed by atoms with Gasteiger partial charge in [0.2, 0.25) is 0 Å². The van der Waals surface area contributed by atoms with Crippen molar-refractivity contribution in [3.8, 4) is 0 Å². The standard InChI is InChI=1S/C63H106O6/c1-4-7-10-13-16-19-22-25-27-29-31-33-35-38-41-44-47-50-53-56-62(65)68-59-60(58-67-61(64)55-52-49-46-43-40-37-24-21-18-15-12-9-6-3)69-63(66)57-54-51-48-45-42-39-36-34-32-30-28-26-23-20-17-14-11-8-5-2/h7,9-10,12,16,18-19,21,25,27,31,33,37-38,40-41,60H,4-6,8,11,13-15,17,20,22-24,26,28-30,32,34-36,39,42-59H2,1-3H3/b10-7-,12-9-,19-16-,21-18-,27-25-,33-31-,40-37-,41-38-. The molecule has 0 aliphatic heterocycles. The Morgan fingerprint density at radius 3 is 0.884 bits per heavy atom. The molecule has 1 unspecified atom stereocenters. The van der Waals surface area contributed by atoms with Crippen molar-refractivity contribution in [2.75, 3.05) is 13.2 Å². The fraction of sp³-hybridized carbons (Fsp3) is 0.698. The van der Waals surface area contributed by atoms with Crippen molar-refractivity contribution in [1.29, 1.82) is 0 Å². The van der Waals surface area contributed by atoms with Crippen LogP contribution in [0.5, 0.6) is 0 Å². The van der Waals surface area contributed by atoms with Crippen LogP contribution in [-0.2, 0) is 28.6 Å². The van der Waals surface area contributed by atoms with Gasteiger partial charge in [-0.3, -0.25) is 14.4 Å². The number of ether oxygens (including phenoxy) is 3. The summed E-state index contributed by atoms with van der Waals surface area (Å²) in [4.78, 5) is 38.1. The van der Waals surface area contributed by atoms with Crippen LogP contribution in [0.1, 0.15) is 265 Å². The first kappa shape index (κ1) is 65.3. The first-order valence-electron chi connectivity index (χ1n) is 28.7. The summed E-state index contributed by atoms with van der Waals surface area (Å²) in [5.74, 6) is -0.956. The van der Waals surface area contributed by atoms with Crippen LogP contribution in [-0.4, -0.2) is 37.2 Å². The zero-order chi connectivity index (χ0) is 50.0. The minimum absolute atomic E-state index is 0.102. The number of carbonyl (C=O) groups is 3. The van der Waals surface area contributed by atoms with Crippen LogP contribution in [0.3, 0.4) is 0 Å². The molecular weight excluding hydrogens is 853 g/mol. The minimum atomic E-state index is -0.803. The molecule has 0 rings (SSSR count). The summed E-state index contributed by atoms with van der Waals surface area (Å²) in [5, 5.41) is 0. The number of rotatable bonds is 51. The molecule has 0 amide bonds.